The lowest BCUT2D eigenvalue weighted by molar-refractivity contribution is 1.07. The van der Waals surface area contributed by atoms with Crippen molar-refractivity contribution in [1.82, 2.24) is 19.5 Å². The highest BCUT2D eigenvalue weighted by Crippen LogP contribution is 2.32. The minimum absolute atomic E-state index is 0.409. The van der Waals surface area contributed by atoms with Crippen LogP contribution in [-0.4, -0.2) is 19.5 Å². The Bertz CT molecular complexity index is 1390. The van der Waals surface area contributed by atoms with Gasteiger partial charge in [0, 0.05) is 28.4 Å². The minimum atomic E-state index is 0.409. The molecule has 0 saturated heterocycles. The zero-order valence-corrected chi connectivity index (χ0v) is 19.8. The maximum atomic E-state index is 6.19. The second-order valence-corrected chi connectivity index (χ2v) is 7.76. The molecule has 0 bridgehead atoms. The van der Waals surface area contributed by atoms with Gasteiger partial charge in [-0.2, -0.15) is 0 Å². The second kappa shape index (κ2) is 10.0. The quantitative estimate of drug-likeness (QED) is 0.280. The first-order valence-electron chi connectivity index (χ1n) is 10.7. The summed E-state index contributed by atoms with van der Waals surface area (Å²) in [6.07, 6.45) is 1.66. The summed E-state index contributed by atoms with van der Waals surface area (Å²) < 4.78 is 1.99. The number of nitrogens with zero attached hydrogens (tertiary/aromatic N) is 4. The van der Waals surface area contributed by atoms with Crippen LogP contribution in [0.2, 0.25) is 5.02 Å². The highest BCUT2D eigenvalue weighted by atomic mass is 35.5. The first-order valence-corrected chi connectivity index (χ1v) is 11.6. The van der Waals surface area contributed by atoms with Crippen molar-refractivity contribution < 1.29 is 0 Å². The molecule has 3 aromatic heterocycles. The summed E-state index contributed by atoms with van der Waals surface area (Å²) in [5.74, 6) is 1.53. The zero-order valence-electron chi connectivity index (χ0n) is 18.3. The Labute approximate surface area is 202 Å². The standard InChI is InChI=1S/C24H17Cl2N5.C2H6/c25-14-15-6-8-18(9-7-15)31-23(19-5-2-12-28-22(19)27)30-21-11-10-20(29-24(21)31)16-3-1-4-17(26)13-16;1-2/h1-13H,14H2,(H2,27,28);1-2H3. The van der Waals surface area contributed by atoms with Crippen LogP contribution in [0.1, 0.15) is 19.4 Å². The summed E-state index contributed by atoms with van der Waals surface area (Å²) in [7, 11) is 0. The number of fused-ring (bicyclic) bond motifs is 1. The molecule has 166 valence electrons. The molecule has 0 spiro atoms. The van der Waals surface area contributed by atoms with E-state index < -0.39 is 0 Å². The average Bonchev–Trinajstić information content (AvgIpc) is 3.24. The highest BCUT2D eigenvalue weighted by molar-refractivity contribution is 6.30. The fraction of sp³-hybridized carbons (Fsp3) is 0.115. The summed E-state index contributed by atoms with van der Waals surface area (Å²) >= 11 is 12.2. The molecule has 0 atom stereocenters. The number of anilines is 1. The van der Waals surface area contributed by atoms with Crippen molar-refractivity contribution in [3.8, 4) is 28.3 Å². The van der Waals surface area contributed by atoms with E-state index in [0.29, 0.717) is 28.2 Å². The second-order valence-electron chi connectivity index (χ2n) is 7.06. The van der Waals surface area contributed by atoms with Gasteiger partial charge in [-0.1, -0.05) is 49.7 Å². The number of pyridine rings is 2. The molecular weight excluding hydrogens is 453 g/mol. The number of hydrogen-bond donors (Lipinski definition) is 1. The number of rotatable bonds is 4. The van der Waals surface area contributed by atoms with Crippen LogP contribution in [0.5, 0.6) is 0 Å². The third-order valence-corrected chi connectivity index (χ3v) is 5.60. The molecule has 0 unspecified atom stereocenters. The zero-order chi connectivity index (χ0) is 23.4. The largest absolute Gasteiger partial charge is 0.383 e. The monoisotopic (exact) mass is 475 g/mol. The van der Waals surface area contributed by atoms with Gasteiger partial charge in [-0.3, -0.25) is 4.57 Å². The molecule has 33 heavy (non-hydrogen) atoms. The summed E-state index contributed by atoms with van der Waals surface area (Å²) in [6.45, 7) is 4.00. The average molecular weight is 476 g/mol. The van der Waals surface area contributed by atoms with Crippen molar-refractivity contribution in [2.75, 3.05) is 5.73 Å². The first kappa shape index (κ1) is 22.8. The molecule has 5 rings (SSSR count). The molecule has 0 fully saturated rings. The molecule has 0 aliphatic heterocycles. The normalized spacial score (nSPS) is 10.7. The molecule has 5 aromatic rings. The number of benzene rings is 2. The molecule has 2 N–H and O–H groups in total. The number of aromatic nitrogens is 4. The van der Waals surface area contributed by atoms with Crippen LogP contribution in [0.3, 0.4) is 0 Å². The highest BCUT2D eigenvalue weighted by Gasteiger charge is 2.18. The van der Waals surface area contributed by atoms with Gasteiger partial charge in [0.05, 0.1) is 11.3 Å². The van der Waals surface area contributed by atoms with Crippen LogP contribution in [0.15, 0.2) is 79.0 Å². The van der Waals surface area contributed by atoms with Gasteiger partial charge in [0.15, 0.2) is 11.5 Å². The van der Waals surface area contributed by atoms with Crippen molar-refractivity contribution in [1.29, 1.82) is 0 Å². The van der Waals surface area contributed by atoms with E-state index >= 15 is 0 Å². The Hall–Kier alpha value is -3.41. The number of imidazole rings is 1. The van der Waals surface area contributed by atoms with Gasteiger partial charge in [-0.15, -0.1) is 11.6 Å². The molecule has 7 heteroatoms. The van der Waals surface area contributed by atoms with E-state index in [1.165, 1.54) is 0 Å². The van der Waals surface area contributed by atoms with Crippen LogP contribution >= 0.6 is 23.2 Å². The predicted molar refractivity (Wildman–Crippen MR) is 138 cm³/mol. The van der Waals surface area contributed by atoms with Crippen LogP contribution < -0.4 is 5.73 Å². The summed E-state index contributed by atoms with van der Waals surface area (Å²) in [5.41, 5.74) is 12.1. The van der Waals surface area contributed by atoms with Gasteiger partial charge >= 0.3 is 0 Å². The van der Waals surface area contributed by atoms with Gasteiger partial charge in [0.2, 0.25) is 0 Å². The van der Waals surface area contributed by atoms with Gasteiger partial charge in [0.1, 0.15) is 11.3 Å². The van der Waals surface area contributed by atoms with E-state index in [2.05, 4.69) is 4.98 Å². The van der Waals surface area contributed by atoms with Gasteiger partial charge in [-0.05, 0) is 54.1 Å². The van der Waals surface area contributed by atoms with Gasteiger partial charge in [-0.25, -0.2) is 15.0 Å². The maximum absolute atomic E-state index is 6.19. The Morgan fingerprint density at radius 1 is 0.909 bits per heavy atom. The topological polar surface area (TPSA) is 69.6 Å². The van der Waals surface area contributed by atoms with E-state index in [0.717, 1.165) is 33.6 Å². The first-order chi connectivity index (χ1) is 16.1. The molecule has 3 heterocycles. The van der Waals surface area contributed by atoms with Gasteiger partial charge < -0.3 is 5.73 Å². The third-order valence-electron chi connectivity index (χ3n) is 5.05. The maximum Gasteiger partial charge on any atom is 0.165 e. The number of alkyl halides is 1. The number of nitrogen functional groups attached to an aromatic ring is 1. The van der Waals surface area contributed by atoms with E-state index in [1.807, 2.05) is 91.2 Å². The number of nitrogens with two attached hydrogens (primary N) is 1. The van der Waals surface area contributed by atoms with E-state index in [-0.39, 0.29) is 0 Å². The molecule has 5 nitrogen and oxygen atoms in total. The fourth-order valence-electron chi connectivity index (χ4n) is 3.53. The summed E-state index contributed by atoms with van der Waals surface area (Å²) in [6, 6.07) is 23.3. The molecule has 0 saturated carbocycles. The van der Waals surface area contributed by atoms with Crippen molar-refractivity contribution in [3.63, 3.8) is 0 Å². The van der Waals surface area contributed by atoms with Crippen molar-refractivity contribution in [2.45, 2.75) is 19.7 Å². The van der Waals surface area contributed by atoms with E-state index in [1.54, 1.807) is 6.20 Å². The summed E-state index contributed by atoms with van der Waals surface area (Å²) in [4.78, 5) is 14.0. The van der Waals surface area contributed by atoms with Crippen molar-refractivity contribution >= 4 is 40.2 Å². The Morgan fingerprint density at radius 3 is 2.39 bits per heavy atom. The van der Waals surface area contributed by atoms with Gasteiger partial charge in [0.25, 0.3) is 0 Å². The molecule has 2 aromatic carbocycles. The van der Waals surface area contributed by atoms with Crippen LogP contribution in [0, 0.1) is 0 Å². The number of halogens is 2. The van der Waals surface area contributed by atoms with Crippen LogP contribution in [0.4, 0.5) is 5.82 Å². The Balaban J connectivity index is 0.00000126. The lowest BCUT2D eigenvalue weighted by Gasteiger charge is -2.11. The molecule has 0 aliphatic carbocycles. The smallest absolute Gasteiger partial charge is 0.165 e. The Morgan fingerprint density at radius 2 is 1.70 bits per heavy atom. The van der Waals surface area contributed by atoms with Crippen molar-refractivity contribution in [2.24, 2.45) is 0 Å². The van der Waals surface area contributed by atoms with E-state index in [9.17, 15) is 0 Å². The van der Waals surface area contributed by atoms with Crippen LogP contribution in [-0.2, 0) is 5.88 Å². The molecule has 0 amide bonds. The van der Waals surface area contributed by atoms with Crippen molar-refractivity contribution in [3.05, 3.63) is 89.6 Å². The van der Waals surface area contributed by atoms with E-state index in [4.69, 9.17) is 38.9 Å². The molecular formula is C26H23Cl2N5. The third kappa shape index (κ3) is 4.56. The predicted octanol–water partition coefficient (Wildman–Crippen LogP) is 7.15. The SMILES string of the molecule is CC.Nc1ncccc1-c1nc2ccc(-c3cccc(Cl)c3)nc2n1-c1ccc(CCl)cc1. The molecule has 0 radical (unpaired) electrons. The van der Waals surface area contributed by atoms with Crippen LogP contribution in [0.25, 0.3) is 39.5 Å². The lowest BCUT2D eigenvalue weighted by Crippen LogP contribution is -2.02. The number of hydrogen-bond acceptors (Lipinski definition) is 4. The lowest BCUT2D eigenvalue weighted by atomic mass is 10.1. The molecule has 0 aliphatic rings. The minimum Gasteiger partial charge on any atom is -0.383 e. The fourth-order valence-corrected chi connectivity index (χ4v) is 3.90. The summed E-state index contributed by atoms with van der Waals surface area (Å²) in [5, 5.41) is 0.661. The Kier molecular flexibility index (Phi) is 6.92.